The summed E-state index contributed by atoms with van der Waals surface area (Å²) in [5.74, 6) is 0.619. The van der Waals surface area contributed by atoms with Crippen LogP contribution >= 0.6 is 11.8 Å². The molecule has 112 valence electrons. The van der Waals surface area contributed by atoms with E-state index < -0.39 is 5.97 Å². The molecule has 4 nitrogen and oxygen atoms in total. The summed E-state index contributed by atoms with van der Waals surface area (Å²) in [6.45, 7) is 5.74. The first-order valence-corrected chi connectivity index (χ1v) is 8.26. The minimum Gasteiger partial charge on any atom is -0.478 e. The van der Waals surface area contributed by atoms with E-state index in [0.29, 0.717) is 16.5 Å². The molecular formula is C15H24N2O2S. The number of hydrogen-bond acceptors (Lipinski definition) is 4. The van der Waals surface area contributed by atoms with Crippen molar-refractivity contribution >= 4 is 17.7 Å². The molecule has 0 saturated carbocycles. The van der Waals surface area contributed by atoms with Crippen molar-refractivity contribution in [2.24, 2.45) is 0 Å². The third kappa shape index (κ3) is 5.49. The number of carbonyl (C=O) groups is 1. The van der Waals surface area contributed by atoms with Gasteiger partial charge in [0.2, 0.25) is 0 Å². The van der Waals surface area contributed by atoms with Gasteiger partial charge < -0.3 is 5.11 Å². The molecule has 0 bridgehead atoms. The number of nitrogens with zero attached hydrogens (tertiary/aromatic N) is 2. The van der Waals surface area contributed by atoms with Gasteiger partial charge in [-0.2, -0.15) is 0 Å². The fourth-order valence-electron chi connectivity index (χ4n) is 2.08. The number of aromatic nitrogens is 2. The second kappa shape index (κ2) is 8.95. The maximum atomic E-state index is 11.3. The van der Waals surface area contributed by atoms with E-state index in [1.165, 1.54) is 43.9 Å². The van der Waals surface area contributed by atoms with Crippen LogP contribution in [0.15, 0.2) is 5.03 Å². The molecule has 1 heterocycles. The van der Waals surface area contributed by atoms with E-state index in [-0.39, 0.29) is 5.56 Å². The van der Waals surface area contributed by atoms with Crippen molar-refractivity contribution in [2.75, 3.05) is 5.75 Å². The number of carboxylic acids is 1. The molecule has 1 rings (SSSR count). The van der Waals surface area contributed by atoms with Crippen LogP contribution < -0.4 is 0 Å². The molecule has 0 aliphatic heterocycles. The molecule has 0 unspecified atom stereocenters. The van der Waals surface area contributed by atoms with Crippen molar-refractivity contribution in [1.29, 1.82) is 0 Å². The van der Waals surface area contributed by atoms with Gasteiger partial charge in [0, 0.05) is 0 Å². The number of thioether (sulfide) groups is 1. The van der Waals surface area contributed by atoms with Gasteiger partial charge >= 0.3 is 5.97 Å². The number of aryl methyl sites for hydroxylation is 2. The minimum atomic E-state index is -0.937. The topological polar surface area (TPSA) is 63.1 Å². The Morgan fingerprint density at radius 3 is 2.40 bits per heavy atom. The van der Waals surface area contributed by atoms with E-state index in [2.05, 4.69) is 16.9 Å². The molecule has 0 amide bonds. The van der Waals surface area contributed by atoms with Gasteiger partial charge in [-0.3, -0.25) is 0 Å². The van der Waals surface area contributed by atoms with Gasteiger partial charge in [0.15, 0.2) is 0 Å². The predicted molar refractivity (Wildman–Crippen MR) is 82.6 cm³/mol. The maximum absolute atomic E-state index is 11.3. The highest BCUT2D eigenvalue weighted by Gasteiger charge is 2.17. The van der Waals surface area contributed by atoms with Crippen LogP contribution in [0.1, 0.15) is 67.3 Å². The van der Waals surface area contributed by atoms with Crippen molar-refractivity contribution in [1.82, 2.24) is 9.97 Å². The molecule has 20 heavy (non-hydrogen) atoms. The highest BCUT2D eigenvalue weighted by molar-refractivity contribution is 7.99. The van der Waals surface area contributed by atoms with E-state index in [0.717, 1.165) is 12.2 Å². The Kier molecular flexibility index (Phi) is 7.59. The Labute approximate surface area is 125 Å². The molecule has 5 heteroatoms. The average Bonchev–Trinajstić information content (AvgIpc) is 2.36. The standard InChI is InChI=1S/C15H24N2O2S/c1-4-5-6-7-8-9-10-20-14-13(15(18)19)11(2)16-12(3)17-14/h4-10H2,1-3H3,(H,18,19). The first-order chi connectivity index (χ1) is 9.56. The smallest absolute Gasteiger partial charge is 0.340 e. The van der Waals surface area contributed by atoms with Crippen LogP contribution in [0.3, 0.4) is 0 Å². The lowest BCUT2D eigenvalue weighted by molar-refractivity contribution is 0.0690. The molecule has 0 spiro atoms. The van der Waals surface area contributed by atoms with Crippen LogP contribution in [0.25, 0.3) is 0 Å². The van der Waals surface area contributed by atoms with Crippen LogP contribution in [-0.2, 0) is 0 Å². The molecule has 1 aromatic rings. The lowest BCUT2D eigenvalue weighted by Crippen LogP contribution is -2.08. The third-order valence-corrected chi connectivity index (χ3v) is 4.18. The average molecular weight is 296 g/mol. The number of carboxylic acid groups (broad SMARTS) is 1. The van der Waals surface area contributed by atoms with Crippen LogP contribution in [-0.4, -0.2) is 26.8 Å². The molecule has 0 aliphatic carbocycles. The third-order valence-electron chi connectivity index (χ3n) is 3.12. The zero-order valence-corrected chi connectivity index (χ0v) is 13.4. The molecular weight excluding hydrogens is 272 g/mol. The normalized spacial score (nSPS) is 10.8. The van der Waals surface area contributed by atoms with Gasteiger partial charge in [-0.25, -0.2) is 14.8 Å². The summed E-state index contributed by atoms with van der Waals surface area (Å²) in [5, 5.41) is 9.85. The van der Waals surface area contributed by atoms with E-state index in [9.17, 15) is 9.90 Å². The first-order valence-electron chi connectivity index (χ1n) is 7.27. The highest BCUT2D eigenvalue weighted by Crippen LogP contribution is 2.24. The Morgan fingerprint density at radius 1 is 1.10 bits per heavy atom. The number of aromatic carboxylic acids is 1. The summed E-state index contributed by atoms with van der Waals surface area (Å²) < 4.78 is 0. The molecule has 0 fully saturated rings. The molecule has 0 atom stereocenters. The van der Waals surface area contributed by atoms with Gasteiger partial charge in [-0.15, -0.1) is 11.8 Å². The Balaban J connectivity index is 2.49. The van der Waals surface area contributed by atoms with Crippen LogP contribution in [0.5, 0.6) is 0 Å². The molecule has 0 aliphatic rings. The second-order valence-corrected chi connectivity index (χ2v) is 6.04. The van der Waals surface area contributed by atoms with E-state index >= 15 is 0 Å². The summed E-state index contributed by atoms with van der Waals surface area (Å²) in [5.41, 5.74) is 0.807. The van der Waals surface area contributed by atoms with E-state index in [1.807, 2.05) is 0 Å². The number of rotatable bonds is 9. The number of hydrogen-bond donors (Lipinski definition) is 1. The quantitative estimate of drug-likeness (QED) is 0.419. The van der Waals surface area contributed by atoms with Crippen LogP contribution in [0, 0.1) is 13.8 Å². The van der Waals surface area contributed by atoms with Crippen molar-refractivity contribution < 1.29 is 9.90 Å². The zero-order chi connectivity index (χ0) is 15.0. The summed E-state index contributed by atoms with van der Waals surface area (Å²) in [4.78, 5) is 19.7. The lowest BCUT2D eigenvalue weighted by Gasteiger charge is -2.08. The minimum absolute atomic E-state index is 0.256. The fraction of sp³-hybridized carbons (Fsp3) is 0.667. The predicted octanol–water partition coefficient (Wildman–Crippen LogP) is 4.24. The van der Waals surface area contributed by atoms with Gasteiger partial charge in [0.1, 0.15) is 16.4 Å². The molecule has 0 radical (unpaired) electrons. The van der Waals surface area contributed by atoms with E-state index in [1.54, 1.807) is 13.8 Å². The summed E-state index contributed by atoms with van der Waals surface area (Å²) in [7, 11) is 0. The van der Waals surface area contributed by atoms with Crippen molar-refractivity contribution in [2.45, 2.75) is 64.3 Å². The molecule has 0 aromatic carbocycles. The van der Waals surface area contributed by atoms with Gasteiger partial charge in [-0.1, -0.05) is 39.0 Å². The van der Waals surface area contributed by atoms with Gasteiger partial charge in [-0.05, 0) is 26.0 Å². The summed E-state index contributed by atoms with van der Waals surface area (Å²) >= 11 is 1.54. The lowest BCUT2D eigenvalue weighted by atomic mass is 10.1. The van der Waals surface area contributed by atoms with Gasteiger partial charge in [0.25, 0.3) is 0 Å². The second-order valence-electron chi connectivity index (χ2n) is 4.96. The van der Waals surface area contributed by atoms with Gasteiger partial charge in [0.05, 0.1) is 5.69 Å². The van der Waals surface area contributed by atoms with Crippen molar-refractivity contribution in [3.8, 4) is 0 Å². The molecule has 0 saturated heterocycles. The van der Waals surface area contributed by atoms with E-state index in [4.69, 9.17) is 0 Å². The Morgan fingerprint density at radius 2 is 1.75 bits per heavy atom. The monoisotopic (exact) mass is 296 g/mol. The van der Waals surface area contributed by atoms with Crippen molar-refractivity contribution in [3.63, 3.8) is 0 Å². The SMILES string of the molecule is CCCCCCCCSc1nc(C)nc(C)c1C(=O)O. The maximum Gasteiger partial charge on any atom is 0.340 e. The molecule has 1 aromatic heterocycles. The highest BCUT2D eigenvalue weighted by atomic mass is 32.2. The van der Waals surface area contributed by atoms with Crippen LogP contribution in [0.2, 0.25) is 0 Å². The van der Waals surface area contributed by atoms with Crippen molar-refractivity contribution in [3.05, 3.63) is 17.1 Å². The number of unbranched alkanes of at least 4 members (excludes halogenated alkanes) is 5. The van der Waals surface area contributed by atoms with Crippen LogP contribution in [0.4, 0.5) is 0 Å². The Bertz CT molecular complexity index is 450. The molecule has 1 N–H and O–H groups in total. The first kappa shape index (κ1) is 17.0. The summed E-state index contributed by atoms with van der Waals surface area (Å²) in [6, 6.07) is 0. The summed E-state index contributed by atoms with van der Waals surface area (Å²) in [6.07, 6.45) is 7.44. The Hall–Kier alpha value is -1.10. The fourth-order valence-corrected chi connectivity index (χ4v) is 3.20. The largest absolute Gasteiger partial charge is 0.478 e. The zero-order valence-electron chi connectivity index (χ0n) is 12.6.